The van der Waals surface area contributed by atoms with Crippen molar-refractivity contribution < 1.29 is 9.59 Å². The SMILES string of the molecule is CC1(C)C2=C(C3CC2C2C(=O)N(c4ccccc4)C(=O)C32)C2C3CC4C2C4C31. The van der Waals surface area contributed by atoms with E-state index in [1.54, 1.807) is 11.1 Å². The van der Waals surface area contributed by atoms with Gasteiger partial charge in [0.2, 0.25) is 11.8 Å². The van der Waals surface area contributed by atoms with E-state index in [4.69, 9.17) is 0 Å². The van der Waals surface area contributed by atoms with Crippen molar-refractivity contribution in [3.8, 4) is 0 Å². The maximum absolute atomic E-state index is 13.5. The fourth-order valence-electron chi connectivity index (χ4n) is 10.1. The van der Waals surface area contributed by atoms with Crippen molar-refractivity contribution in [1.82, 2.24) is 0 Å². The summed E-state index contributed by atoms with van der Waals surface area (Å²) in [6.07, 6.45) is 2.51. The van der Waals surface area contributed by atoms with E-state index < -0.39 is 0 Å². The maximum atomic E-state index is 13.5. The van der Waals surface area contributed by atoms with Gasteiger partial charge >= 0.3 is 0 Å². The van der Waals surface area contributed by atoms with Gasteiger partial charge < -0.3 is 0 Å². The fraction of sp³-hybridized carbons (Fsp3) is 0.600. The fourth-order valence-corrected chi connectivity index (χ4v) is 10.1. The molecule has 1 heterocycles. The summed E-state index contributed by atoms with van der Waals surface area (Å²) in [7, 11) is 0. The molecule has 1 saturated heterocycles. The summed E-state index contributed by atoms with van der Waals surface area (Å²) >= 11 is 0. The number of nitrogens with zero attached hydrogens (tertiary/aromatic N) is 1. The molecule has 0 spiro atoms. The number of fused-ring (bicyclic) bond motifs is 7. The van der Waals surface area contributed by atoms with Crippen LogP contribution in [0.4, 0.5) is 5.69 Å². The predicted molar refractivity (Wildman–Crippen MR) is 104 cm³/mol. The van der Waals surface area contributed by atoms with Crippen molar-refractivity contribution in [2.75, 3.05) is 4.90 Å². The highest BCUT2D eigenvalue weighted by Crippen LogP contribution is 2.86. The van der Waals surface area contributed by atoms with Crippen LogP contribution in [-0.2, 0) is 9.59 Å². The lowest BCUT2D eigenvalue weighted by molar-refractivity contribution is -0.123. The van der Waals surface area contributed by atoms with E-state index in [0.29, 0.717) is 11.8 Å². The molecule has 28 heavy (non-hydrogen) atoms. The lowest BCUT2D eigenvalue weighted by Crippen LogP contribution is -2.42. The molecule has 10 unspecified atom stereocenters. The van der Waals surface area contributed by atoms with Gasteiger partial charge in [0, 0.05) is 0 Å². The van der Waals surface area contributed by atoms with E-state index in [-0.39, 0.29) is 29.1 Å². The average Bonchev–Trinajstić information content (AvgIpc) is 3.27. The molecular formula is C25H25NO2. The van der Waals surface area contributed by atoms with E-state index in [0.717, 1.165) is 47.6 Å². The smallest absolute Gasteiger partial charge is 0.238 e. The predicted octanol–water partition coefficient (Wildman–Crippen LogP) is 3.91. The van der Waals surface area contributed by atoms with Crippen LogP contribution in [0.5, 0.6) is 0 Å². The quantitative estimate of drug-likeness (QED) is 0.554. The number of imide groups is 1. The van der Waals surface area contributed by atoms with Gasteiger partial charge in [0.15, 0.2) is 0 Å². The lowest BCUT2D eigenvalue weighted by atomic mass is 9.56. The van der Waals surface area contributed by atoms with Crippen LogP contribution in [0.25, 0.3) is 0 Å². The molecule has 7 aliphatic carbocycles. The van der Waals surface area contributed by atoms with Crippen molar-refractivity contribution in [3.63, 3.8) is 0 Å². The summed E-state index contributed by atoms with van der Waals surface area (Å²) in [5.41, 5.74) is 4.33. The van der Waals surface area contributed by atoms with Gasteiger partial charge in [0.25, 0.3) is 0 Å². The van der Waals surface area contributed by atoms with Crippen molar-refractivity contribution in [2.24, 2.45) is 64.6 Å². The molecule has 0 aromatic heterocycles. The maximum Gasteiger partial charge on any atom is 0.238 e. The van der Waals surface area contributed by atoms with Gasteiger partial charge in [-0.2, -0.15) is 0 Å². The Hall–Kier alpha value is -1.90. The second kappa shape index (κ2) is 4.17. The summed E-state index contributed by atoms with van der Waals surface area (Å²) < 4.78 is 0. The molecule has 1 aromatic rings. The molecular weight excluding hydrogens is 346 g/mol. The standard InChI is InChI=1S/C25H25NO2/c1-25(2)21-13-8-11-15(17(11)21)16(13)18-12-9-14(22(18)25)20-19(12)23(27)26(24(20)28)10-6-4-3-5-7-10/h3-7,11-17,19-21H,8-9H2,1-2H3. The minimum atomic E-state index is -0.0976. The van der Waals surface area contributed by atoms with Crippen molar-refractivity contribution in [2.45, 2.75) is 26.7 Å². The zero-order valence-electron chi connectivity index (χ0n) is 16.3. The normalized spacial score (nSPS) is 52.6. The van der Waals surface area contributed by atoms with Gasteiger partial charge in [-0.1, -0.05) is 43.2 Å². The molecule has 1 aromatic carbocycles. The van der Waals surface area contributed by atoms with Crippen LogP contribution in [0.2, 0.25) is 0 Å². The minimum Gasteiger partial charge on any atom is -0.274 e. The van der Waals surface area contributed by atoms with Crippen molar-refractivity contribution in [3.05, 3.63) is 41.5 Å². The Morgan fingerprint density at radius 1 is 0.857 bits per heavy atom. The summed E-state index contributed by atoms with van der Waals surface area (Å²) in [6, 6.07) is 9.59. The van der Waals surface area contributed by atoms with Crippen LogP contribution in [0.3, 0.4) is 0 Å². The average molecular weight is 371 g/mol. The molecule has 0 N–H and O–H groups in total. The topological polar surface area (TPSA) is 37.4 Å². The van der Waals surface area contributed by atoms with Crippen LogP contribution < -0.4 is 4.90 Å². The molecule has 5 saturated carbocycles. The number of benzene rings is 1. The van der Waals surface area contributed by atoms with Gasteiger partial charge in [0.05, 0.1) is 17.5 Å². The number of hydrogen-bond donors (Lipinski definition) is 0. The van der Waals surface area contributed by atoms with Crippen LogP contribution >= 0.6 is 0 Å². The zero-order chi connectivity index (χ0) is 18.7. The molecule has 10 atom stereocenters. The molecule has 0 radical (unpaired) electrons. The van der Waals surface area contributed by atoms with Gasteiger partial charge in [-0.25, -0.2) is 0 Å². The summed E-state index contributed by atoms with van der Waals surface area (Å²) in [5.74, 6) is 6.02. The van der Waals surface area contributed by atoms with Gasteiger partial charge in [0.1, 0.15) is 0 Å². The number of allylic oxidation sites excluding steroid dienone is 2. The number of amides is 2. The second-order valence-corrected chi connectivity index (χ2v) is 11.2. The Bertz CT molecular complexity index is 1020. The van der Waals surface area contributed by atoms with Gasteiger partial charge in [-0.3, -0.25) is 14.5 Å². The van der Waals surface area contributed by atoms with Crippen LogP contribution in [0.1, 0.15) is 26.7 Å². The molecule has 3 nitrogen and oxygen atoms in total. The number of carbonyl (C=O) groups excluding carboxylic acids is 2. The van der Waals surface area contributed by atoms with E-state index in [1.807, 2.05) is 30.3 Å². The summed E-state index contributed by atoms with van der Waals surface area (Å²) in [6.45, 7) is 4.95. The van der Waals surface area contributed by atoms with Crippen molar-refractivity contribution in [1.29, 1.82) is 0 Å². The first kappa shape index (κ1) is 15.0. The highest BCUT2D eigenvalue weighted by atomic mass is 16.2. The Balaban J connectivity index is 1.28. The van der Waals surface area contributed by atoms with Gasteiger partial charge in [-0.15, -0.1) is 0 Å². The third-order valence-corrected chi connectivity index (χ3v) is 10.3. The molecule has 3 heteroatoms. The van der Waals surface area contributed by atoms with E-state index in [9.17, 15) is 9.59 Å². The monoisotopic (exact) mass is 371 g/mol. The molecule has 8 aliphatic rings. The Kier molecular flexibility index (Phi) is 2.24. The summed E-state index contributed by atoms with van der Waals surface area (Å²) in [5, 5.41) is 0. The van der Waals surface area contributed by atoms with E-state index in [1.165, 1.54) is 11.3 Å². The second-order valence-electron chi connectivity index (χ2n) is 11.2. The highest BCUT2D eigenvalue weighted by molar-refractivity contribution is 6.23. The highest BCUT2D eigenvalue weighted by Gasteiger charge is 2.81. The van der Waals surface area contributed by atoms with Crippen LogP contribution in [0.15, 0.2) is 41.5 Å². The third-order valence-electron chi connectivity index (χ3n) is 10.3. The summed E-state index contributed by atoms with van der Waals surface area (Å²) in [4.78, 5) is 28.5. The number of carbonyl (C=O) groups is 2. The van der Waals surface area contributed by atoms with E-state index >= 15 is 0 Å². The number of para-hydroxylation sites is 1. The molecule has 1 aliphatic heterocycles. The Morgan fingerprint density at radius 3 is 2.29 bits per heavy atom. The molecule has 9 rings (SSSR count). The van der Waals surface area contributed by atoms with Crippen molar-refractivity contribution >= 4 is 17.5 Å². The largest absolute Gasteiger partial charge is 0.274 e. The van der Waals surface area contributed by atoms with Crippen LogP contribution in [-0.4, -0.2) is 11.8 Å². The van der Waals surface area contributed by atoms with Gasteiger partial charge in [-0.05, 0) is 77.7 Å². The van der Waals surface area contributed by atoms with E-state index in [2.05, 4.69) is 13.8 Å². The molecule has 142 valence electrons. The Labute approximate surface area is 165 Å². The number of anilines is 1. The zero-order valence-corrected chi connectivity index (χ0v) is 16.3. The Morgan fingerprint density at radius 2 is 1.57 bits per heavy atom. The molecule has 2 amide bonds. The minimum absolute atomic E-state index is 0.0726. The first-order valence-corrected chi connectivity index (χ1v) is 11.2. The number of rotatable bonds is 1. The molecule has 8 bridgehead atoms. The van der Waals surface area contributed by atoms with Crippen LogP contribution in [0, 0.1) is 64.6 Å². The third kappa shape index (κ3) is 1.28. The molecule has 6 fully saturated rings. The number of hydrogen-bond acceptors (Lipinski definition) is 2. The first-order chi connectivity index (χ1) is 13.5. The lowest BCUT2D eigenvalue weighted by Gasteiger charge is -2.47. The first-order valence-electron chi connectivity index (χ1n) is 11.2.